The van der Waals surface area contributed by atoms with Crippen LogP contribution in [0.15, 0.2) is 65.8 Å². The normalized spacial score (nSPS) is 10.9. The van der Waals surface area contributed by atoms with E-state index in [0.29, 0.717) is 17.6 Å². The van der Waals surface area contributed by atoms with Gasteiger partial charge in [0.1, 0.15) is 12.4 Å². The van der Waals surface area contributed by atoms with Crippen LogP contribution in [0.1, 0.15) is 17.0 Å². The van der Waals surface area contributed by atoms with Crippen molar-refractivity contribution in [2.75, 3.05) is 11.1 Å². The third kappa shape index (κ3) is 4.88. The number of nitrogens with zero attached hydrogens (tertiary/aromatic N) is 3. The Balaban J connectivity index is 1.35. The lowest BCUT2D eigenvalue weighted by Gasteiger charge is -2.09. The van der Waals surface area contributed by atoms with Crippen LogP contribution in [-0.4, -0.2) is 26.4 Å². The number of carbonyl (C=O) groups is 1. The van der Waals surface area contributed by atoms with Gasteiger partial charge in [-0.3, -0.25) is 4.79 Å². The lowest BCUT2D eigenvalue weighted by atomic mass is 10.1. The van der Waals surface area contributed by atoms with Crippen LogP contribution >= 0.6 is 11.8 Å². The Morgan fingerprint density at radius 3 is 2.68 bits per heavy atom. The highest BCUT2D eigenvalue weighted by atomic mass is 32.2. The van der Waals surface area contributed by atoms with Crippen LogP contribution in [0, 0.1) is 13.8 Å². The lowest BCUT2D eigenvalue weighted by Crippen LogP contribution is -2.14. The molecule has 4 rings (SSSR count). The fourth-order valence-corrected chi connectivity index (χ4v) is 3.94. The SMILES string of the molecule is Cc1ccc(NC(=O)CSc2nnc(COc3cccc4ccccc34)n2C)cc1C. The predicted molar refractivity (Wildman–Crippen MR) is 125 cm³/mol. The molecule has 6 nitrogen and oxygen atoms in total. The molecule has 1 heterocycles. The van der Waals surface area contributed by atoms with Crippen LogP contribution < -0.4 is 10.1 Å². The molecular weight excluding hydrogens is 408 g/mol. The van der Waals surface area contributed by atoms with E-state index < -0.39 is 0 Å². The molecule has 0 saturated heterocycles. The van der Waals surface area contributed by atoms with Crippen LogP contribution in [-0.2, 0) is 18.4 Å². The Labute approximate surface area is 185 Å². The van der Waals surface area contributed by atoms with Crippen molar-refractivity contribution in [3.63, 3.8) is 0 Å². The Hall–Kier alpha value is -3.32. The average Bonchev–Trinajstić information content (AvgIpc) is 3.12. The summed E-state index contributed by atoms with van der Waals surface area (Å²) in [6, 6.07) is 20.0. The van der Waals surface area contributed by atoms with Gasteiger partial charge < -0.3 is 14.6 Å². The van der Waals surface area contributed by atoms with E-state index in [2.05, 4.69) is 27.6 Å². The minimum atomic E-state index is -0.0789. The molecule has 0 unspecified atom stereocenters. The summed E-state index contributed by atoms with van der Waals surface area (Å²) in [4.78, 5) is 12.3. The van der Waals surface area contributed by atoms with E-state index in [1.807, 2.05) is 74.0 Å². The first-order valence-corrected chi connectivity index (χ1v) is 11.0. The van der Waals surface area contributed by atoms with Crippen LogP contribution in [0.4, 0.5) is 5.69 Å². The largest absolute Gasteiger partial charge is 0.485 e. The van der Waals surface area contributed by atoms with E-state index >= 15 is 0 Å². The van der Waals surface area contributed by atoms with Crippen molar-refractivity contribution < 1.29 is 9.53 Å². The quantitative estimate of drug-likeness (QED) is 0.421. The zero-order valence-electron chi connectivity index (χ0n) is 17.8. The summed E-state index contributed by atoms with van der Waals surface area (Å²) in [7, 11) is 1.88. The van der Waals surface area contributed by atoms with Crippen molar-refractivity contribution in [2.24, 2.45) is 7.05 Å². The molecule has 158 valence electrons. The number of nitrogens with one attached hydrogen (secondary N) is 1. The number of amides is 1. The number of rotatable bonds is 7. The Kier molecular flexibility index (Phi) is 6.23. The van der Waals surface area contributed by atoms with Gasteiger partial charge in [0.2, 0.25) is 5.91 Å². The average molecular weight is 433 g/mol. The summed E-state index contributed by atoms with van der Waals surface area (Å²) in [6.07, 6.45) is 0. The van der Waals surface area contributed by atoms with Crippen molar-refractivity contribution in [3.8, 4) is 5.75 Å². The first kappa shape index (κ1) is 20.9. The number of aryl methyl sites for hydroxylation is 2. The van der Waals surface area contributed by atoms with Gasteiger partial charge in [0.15, 0.2) is 11.0 Å². The maximum atomic E-state index is 12.3. The van der Waals surface area contributed by atoms with E-state index in [0.717, 1.165) is 27.8 Å². The number of ether oxygens (including phenoxy) is 1. The molecule has 1 N–H and O–H groups in total. The number of carbonyl (C=O) groups excluding carboxylic acids is 1. The number of thioether (sulfide) groups is 1. The van der Waals surface area contributed by atoms with Gasteiger partial charge >= 0.3 is 0 Å². The van der Waals surface area contributed by atoms with E-state index in [1.54, 1.807) is 0 Å². The number of benzene rings is 3. The summed E-state index contributed by atoms with van der Waals surface area (Å²) in [5, 5.41) is 14.2. The molecule has 0 aliphatic heterocycles. The van der Waals surface area contributed by atoms with Crippen LogP contribution in [0.3, 0.4) is 0 Å². The molecule has 4 aromatic rings. The maximum absolute atomic E-state index is 12.3. The highest BCUT2D eigenvalue weighted by molar-refractivity contribution is 7.99. The molecular formula is C24H24N4O2S. The number of fused-ring (bicyclic) bond motifs is 1. The summed E-state index contributed by atoms with van der Waals surface area (Å²) in [5.74, 6) is 1.68. The minimum absolute atomic E-state index is 0.0789. The Bertz CT molecular complexity index is 1230. The third-order valence-corrected chi connectivity index (χ3v) is 6.17. The molecule has 0 aliphatic rings. The fourth-order valence-electron chi connectivity index (χ4n) is 3.21. The van der Waals surface area contributed by atoms with Gasteiger partial charge in [-0.05, 0) is 48.6 Å². The number of aromatic nitrogens is 3. The Morgan fingerprint density at radius 2 is 1.84 bits per heavy atom. The topological polar surface area (TPSA) is 69.0 Å². The number of anilines is 1. The summed E-state index contributed by atoms with van der Waals surface area (Å²) in [5.41, 5.74) is 3.15. The third-order valence-electron chi connectivity index (χ3n) is 5.15. The van der Waals surface area contributed by atoms with Crippen molar-refractivity contribution in [1.82, 2.24) is 14.8 Å². The van der Waals surface area contributed by atoms with Gasteiger partial charge in [0.05, 0.1) is 5.75 Å². The monoisotopic (exact) mass is 432 g/mol. The standard InChI is InChI=1S/C24H24N4O2S/c1-16-11-12-19(13-17(16)2)25-23(29)15-31-24-27-26-22(28(24)3)14-30-21-10-6-8-18-7-4-5-9-20(18)21/h4-13H,14-15H2,1-3H3,(H,25,29). The van der Waals surface area contributed by atoms with Gasteiger partial charge in [-0.15, -0.1) is 10.2 Å². The Morgan fingerprint density at radius 1 is 1.03 bits per heavy atom. The summed E-state index contributed by atoms with van der Waals surface area (Å²) >= 11 is 1.35. The fraction of sp³-hybridized carbons (Fsp3) is 0.208. The molecule has 1 amide bonds. The van der Waals surface area contributed by atoms with Gasteiger partial charge in [-0.25, -0.2) is 0 Å². The second kappa shape index (κ2) is 9.22. The highest BCUT2D eigenvalue weighted by Gasteiger charge is 2.13. The zero-order valence-corrected chi connectivity index (χ0v) is 18.6. The zero-order chi connectivity index (χ0) is 21.8. The van der Waals surface area contributed by atoms with Crippen molar-refractivity contribution in [2.45, 2.75) is 25.6 Å². The number of hydrogen-bond acceptors (Lipinski definition) is 5. The van der Waals surface area contributed by atoms with Crippen LogP contribution in [0.5, 0.6) is 5.75 Å². The summed E-state index contributed by atoms with van der Waals surface area (Å²) in [6.45, 7) is 4.38. The molecule has 0 saturated carbocycles. The van der Waals surface area contributed by atoms with Gasteiger partial charge in [0.25, 0.3) is 0 Å². The first-order valence-electron chi connectivity index (χ1n) is 10.00. The molecule has 0 aliphatic carbocycles. The molecule has 0 atom stereocenters. The van der Waals surface area contributed by atoms with Crippen LogP contribution in [0.25, 0.3) is 10.8 Å². The molecule has 0 fully saturated rings. The van der Waals surface area contributed by atoms with E-state index in [4.69, 9.17) is 4.74 Å². The smallest absolute Gasteiger partial charge is 0.234 e. The molecule has 31 heavy (non-hydrogen) atoms. The molecule has 3 aromatic carbocycles. The molecule has 7 heteroatoms. The maximum Gasteiger partial charge on any atom is 0.234 e. The van der Waals surface area contributed by atoms with E-state index in [9.17, 15) is 4.79 Å². The summed E-state index contributed by atoms with van der Waals surface area (Å²) < 4.78 is 7.87. The van der Waals surface area contributed by atoms with E-state index in [1.165, 1.54) is 17.3 Å². The molecule has 0 spiro atoms. The van der Waals surface area contributed by atoms with Crippen molar-refractivity contribution >= 4 is 34.1 Å². The number of hydrogen-bond donors (Lipinski definition) is 1. The molecule has 0 bridgehead atoms. The van der Waals surface area contributed by atoms with Gasteiger partial charge in [-0.2, -0.15) is 0 Å². The first-order chi connectivity index (χ1) is 15.0. The van der Waals surface area contributed by atoms with Crippen LogP contribution in [0.2, 0.25) is 0 Å². The molecule has 0 radical (unpaired) electrons. The van der Waals surface area contributed by atoms with Crippen molar-refractivity contribution in [1.29, 1.82) is 0 Å². The minimum Gasteiger partial charge on any atom is -0.485 e. The van der Waals surface area contributed by atoms with Gasteiger partial charge in [0, 0.05) is 18.1 Å². The second-order valence-corrected chi connectivity index (χ2v) is 8.30. The van der Waals surface area contributed by atoms with Crippen molar-refractivity contribution in [3.05, 3.63) is 77.6 Å². The van der Waals surface area contributed by atoms with E-state index in [-0.39, 0.29) is 11.7 Å². The molecule has 1 aromatic heterocycles. The predicted octanol–water partition coefficient (Wildman–Crippen LogP) is 4.89. The van der Waals surface area contributed by atoms with Gasteiger partial charge in [-0.1, -0.05) is 54.2 Å². The second-order valence-electron chi connectivity index (χ2n) is 7.36. The highest BCUT2D eigenvalue weighted by Crippen LogP contribution is 2.26. The lowest BCUT2D eigenvalue weighted by molar-refractivity contribution is -0.113.